The maximum atomic E-state index is 14.2. The number of likely N-dealkylation sites (tertiary alicyclic amines) is 1. The van der Waals surface area contributed by atoms with Crippen LogP contribution in [0, 0.1) is 11.8 Å². The van der Waals surface area contributed by atoms with Gasteiger partial charge in [0.1, 0.15) is 23.2 Å². The Bertz CT molecular complexity index is 900. The quantitative estimate of drug-likeness (QED) is 0.311. The maximum absolute atomic E-state index is 14.2. The zero-order valence-corrected chi connectivity index (χ0v) is 22.0. The van der Waals surface area contributed by atoms with Crippen molar-refractivity contribution in [3.8, 4) is 0 Å². The lowest BCUT2D eigenvalue weighted by Crippen LogP contribution is -2.57. The van der Waals surface area contributed by atoms with E-state index in [1.54, 1.807) is 9.80 Å². The van der Waals surface area contributed by atoms with Crippen molar-refractivity contribution in [3.63, 3.8) is 0 Å². The standard InChI is InChI=1S/C28H42N2O6/c1-4-27-14-9-5-8-12-19-35-26(34)22(27)21-24(32)30(16-10-6-7-11-18-31)23-25(33)29(20(2)3)17-13-15-28(21,23)36-27/h9,13-15,20-23,31H,4-8,10-12,16-19H2,1-3H3/b14-9-/t21-,22+,23?,27-,28-/m0/s1. The second-order valence-electron chi connectivity index (χ2n) is 10.8. The second kappa shape index (κ2) is 11.1. The van der Waals surface area contributed by atoms with E-state index in [4.69, 9.17) is 14.6 Å². The van der Waals surface area contributed by atoms with Crippen LogP contribution in [0.25, 0.3) is 0 Å². The summed E-state index contributed by atoms with van der Waals surface area (Å²) >= 11 is 0. The van der Waals surface area contributed by atoms with Crippen LogP contribution in [-0.2, 0) is 23.9 Å². The lowest BCUT2D eigenvalue weighted by molar-refractivity contribution is -0.161. The predicted molar refractivity (Wildman–Crippen MR) is 135 cm³/mol. The summed E-state index contributed by atoms with van der Waals surface area (Å²) in [7, 11) is 0. The Hall–Kier alpha value is -2.19. The third-order valence-electron chi connectivity index (χ3n) is 8.34. The minimum Gasteiger partial charge on any atom is -0.465 e. The van der Waals surface area contributed by atoms with Crippen LogP contribution in [0.15, 0.2) is 24.3 Å². The van der Waals surface area contributed by atoms with Crippen LogP contribution in [0.5, 0.6) is 0 Å². The number of cyclic esters (lactones) is 1. The summed E-state index contributed by atoms with van der Waals surface area (Å²) in [6.45, 7) is 7.24. The van der Waals surface area contributed by atoms with Crippen LogP contribution in [0.1, 0.15) is 72.1 Å². The Morgan fingerprint density at radius 3 is 2.53 bits per heavy atom. The molecule has 36 heavy (non-hydrogen) atoms. The van der Waals surface area contributed by atoms with E-state index in [-0.39, 0.29) is 24.5 Å². The molecular formula is C28H42N2O6. The number of allylic oxidation sites excluding steroid dienone is 1. The van der Waals surface area contributed by atoms with Gasteiger partial charge >= 0.3 is 5.97 Å². The summed E-state index contributed by atoms with van der Waals surface area (Å²) < 4.78 is 12.6. The molecule has 2 amide bonds. The highest BCUT2D eigenvalue weighted by molar-refractivity contribution is 5.99. The molecule has 0 aliphatic carbocycles. The summed E-state index contributed by atoms with van der Waals surface area (Å²) in [6, 6.07) is -0.860. The van der Waals surface area contributed by atoms with Crippen LogP contribution >= 0.6 is 0 Å². The molecule has 2 saturated heterocycles. The molecule has 0 aromatic carbocycles. The van der Waals surface area contributed by atoms with Crippen molar-refractivity contribution >= 4 is 17.8 Å². The SMILES string of the molecule is CC[C@]12/C=C\CCCCOC(=O)[C@H]1[C@H]1C(=O)N(CCCCCCO)C3C(=O)N(C(C)C)CC=C[C@@]31O2. The Morgan fingerprint density at radius 1 is 1.03 bits per heavy atom. The molecule has 5 atom stereocenters. The number of carbonyl (C=O) groups excluding carboxylic acids is 3. The summed E-state index contributed by atoms with van der Waals surface area (Å²) in [5.41, 5.74) is -2.22. The van der Waals surface area contributed by atoms with Crippen molar-refractivity contribution in [2.45, 2.75) is 95.4 Å². The van der Waals surface area contributed by atoms with Gasteiger partial charge in [-0.2, -0.15) is 0 Å². The third-order valence-corrected chi connectivity index (χ3v) is 8.34. The van der Waals surface area contributed by atoms with Gasteiger partial charge in [0.2, 0.25) is 11.8 Å². The van der Waals surface area contributed by atoms with Crippen LogP contribution in [0.3, 0.4) is 0 Å². The Labute approximate surface area is 214 Å². The fourth-order valence-electron chi connectivity index (χ4n) is 6.51. The zero-order chi connectivity index (χ0) is 25.9. The molecule has 4 aliphatic heterocycles. The molecule has 8 nitrogen and oxygen atoms in total. The third kappa shape index (κ3) is 4.51. The van der Waals surface area contributed by atoms with Gasteiger partial charge in [0.05, 0.1) is 12.5 Å². The van der Waals surface area contributed by atoms with Gasteiger partial charge in [-0.15, -0.1) is 0 Å². The first kappa shape index (κ1) is 26.9. The minimum absolute atomic E-state index is 0.0371. The Kier molecular flexibility index (Phi) is 8.25. The molecule has 1 spiro atoms. The number of nitrogens with zero attached hydrogens (tertiary/aromatic N) is 2. The number of ether oxygens (including phenoxy) is 2. The van der Waals surface area contributed by atoms with Crippen molar-refractivity contribution in [2.75, 3.05) is 26.3 Å². The first-order valence-electron chi connectivity index (χ1n) is 13.8. The van der Waals surface area contributed by atoms with Gasteiger partial charge in [-0.1, -0.05) is 44.1 Å². The fraction of sp³-hybridized carbons (Fsp3) is 0.750. The molecule has 1 unspecified atom stereocenters. The number of unbranched alkanes of at least 4 members (excludes halogenated alkanes) is 3. The normalized spacial score (nSPS) is 35.4. The van der Waals surface area contributed by atoms with Gasteiger partial charge in [-0.3, -0.25) is 14.4 Å². The van der Waals surface area contributed by atoms with Crippen molar-refractivity contribution < 1.29 is 29.0 Å². The minimum atomic E-state index is -1.22. The number of hydrogen-bond acceptors (Lipinski definition) is 6. The van der Waals surface area contributed by atoms with E-state index in [0.717, 1.165) is 44.9 Å². The van der Waals surface area contributed by atoms with E-state index in [1.165, 1.54) is 0 Å². The van der Waals surface area contributed by atoms with E-state index in [1.807, 2.05) is 39.0 Å². The topological polar surface area (TPSA) is 96.4 Å². The molecule has 0 bridgehead atoms. The van der Waals surface area contributed by atoms with E-state index in [9.17, 15) is 14.4 Å². The molecule has 0 aromatic rings. The van der Waals surface area contributed by atoms with Gasteiger partial charge in [0, 0.05) is 25.7 Å². The molecule has 4 aliphatic rings. The molecular weight excluding hydrogens is 460 g/mol. The molecule has 200 valence electrons. The number of aliphatic hydroxyl groups excluding tert-OH is 1. The molecule has 8 heteroatoms. The van der Waals surface area contributed by atoms with Crippen LogP contribution in [0.2, 0.25) is 0 Å². The molecule has 1 N–H and O–H groups in total. The number of fused-ring (bicyclic) bond motifs is 2. The molecule has 0 radical (unpaired) electrons. The maximum Gasteiger partial charge on any atom is 0.313 e. The van der Waals surface area contributed by atoms with Crippen LogP contribution < -0.4 is 0 Å². The lowest BCUT2D eigenvalue weighted by atomic mass is 9.73. The Morgan fingerprint density at radius 2 is 1.81 bits per heavy atom. The van der Waals surface area contributed by atoms with E-state index >= 15 is 0 Å². The van der Waals surface area contributed by atoms with Gasteiger partial charge < -0.3 is 24.4 Å². The number of hydrogen-bond donors (Lipinski definition) is 1. The first-order chi connectivity index (χ1) is 17.3. The number of aliphatic hydroxyl groups is 1. The average molecular weight is 503 g/mol. The molecule has 0 aromatic heterocycles. The molecule has 4 heterocycles. The summed E-state index contributed by atoms with van der Waals surface area (Å²) in [5.74, 6) is -2.37. The lowest BCUT2D eigenvalue weighted by Gasteiger charge is -2.39. The number of esters is 1. The Balaban J connectivity index is 1.79. The van der Waals surface area contributed by atoms with E-state index in [2.05, 4.69) is 6.08 Å². The highest BCUT2D eigenvalue weighted by atomic mass is 16.6. The number of rotatable bonds is 8. The van der Waals surface area contributed by atoms with Crippen molar-refractivity contribution in [1.29, 1.82) is 0 Å². The van der Waals surface area contributed by atoms with Gasteiger partial charge in [0.25, 0.3) is 0 Å². The molecule has 0 saturated carbocycles. The highest BCUT2D eigenvalue weighted by Crippen LogP contribution is 2.58. The largest absolute Gasteiger partial charge is 0.465 e. The monoisotopic (exact) mass is 502 g/mol. The van der Waals surface area contributed by atoms with Crippen LogP contribution in [-0.4, -0.2) is 82.3 Å². The smallest absolute Gasteiger partial charge is 0.313 e. The van der Waals surface area contributed by atoms with Crippen molar-refractivity contribution in [3.05, 3.63) is 24.3 Å². The van der Waals surface area contributed by atoms with Gasteiger partial charge in [-0.05, 0) is 52.4 Å². The summed E-state index contributed by atoms with van der Waals surface area (Å²) in [6.07, 6.45) is 14.0. The molecule has 2 fully saturated rings. The first-order valence-corrected chi connectivity index (χ1v) is 13.8. The second-order valence-corrected chi connectivity index (χ2v) is 10.8. The van der Waals surface area contributed by atoms with Gasteiger partial charge in [0.15, 0.2) is 0 Å². The fourth-order valence-corrected chi connectivity index (χ4v) is 6.51. The molecule has 4 rings (SSSR count). The van der Waals surface area contributed by atoms with E-state index < -0.39 is 35.0 Å². The number of carbonyl (C=O) groups is 3. The van der Waals surface area contributed by atoms with Gasteiger partial charge in [-0.25, -0.2) is 0 Å². The van der Waals surface area contributed by atoms with E-state index in [0.29, 0.717) is 26.1 Å². The highest BCUT2D eigenvalue weighted by Gasteiger charge is 2.75. The summed E-state index contributed by atoms with van der Waals surface area (Å²) in [5, 5.41) is 9.10. The summed E-state index contributed by atoms with van der Waals surface area (Å²) in [4.78, 5) is 45.3. The number of amides is 2. The van der Waals surface area contributed by atoms with Crippen molar-refractivity contribution in [2.24, 2.45) is 11.8 Å². The van der Waals surface area contributed by atoms with Crippen LogP contribution in [0.4, 0.5) is 0 Å². The average Bonchev–Trinajstić information content (AvgIpc) is 3.20. The van der Waals surface area contributed by atoms with Crippen molar-refractivity contribution in [1.82, 2.24) is 9.80 Å². The predicted octanol–water partition coefficient (Wildman–Crippen LogP) is 2.99. The zero-order valence-electron chi connectivity index (χ0n) is 22.0.